The Morgan fingerprint density at radius 3 is 1.91 bits per heavy atom. The molecule has 0 fully saturated rings. The highest BCUT2D eigenvalue weighted by Crippen LogP contribution is 2.35. The molecule has 1 heterocycles. The van der Waals surface area contributed by atoms with E-state index >= 15 is 0 Å². The summed E-state index contributed by atoms with van der Waals surface area (Å²) in [6.07, 6.45) is 7.13. The van der Waals surface area contributed by atoms with Gasteiger partial charge in [-0.25, -0.2) is 4.79 Å². The molecule has 0 bridgehead atoms. The summed E-state index contributed by atoms with van der Waals surface area (Å²) in [4.78, 5) is 23.2. The Bertz CT molecular complexity index is 653. The summed E-state index contributed by atoms with van der Waals surface area (Å²) < 4.78 is 26.7. The van der Waals surface area contributed by atoms with E-state index in [-0.39, 0.29) is 11.6 Å². The fourth-order valence-electron chi connectivity index (χ4n) is 2.62. The van der Waals surface area contributed by atoms with E-state index in [2.05, 4.69) is 26.8 Å². The number of alkyl carbamates (subject to hydrolysis) is 1. The second-order valence-electron chi connectivity index (χ2n) is 8.61. The third-order valence-corrected chi connectivity index (χ3v) is 4.40. The number of rotatable bonds is 20. The molecule has 0 atom stereocenters. The molecular weight excluding hydrogens is 444 g/mol. The van der Waals surface area contributed by atoms with Gasteiger partial charge in [0.25, 0.3) is 0 Å². The molecule has 34 heavy (non-hydrogen) atoms. The minimum atomic E-state index is -0.513. The molecule has 0 aliphatic carbocycles. The second-order valence-corrected chi connectivity index (χ2v) is 8.61. The Morgan fingerprint density at radius 2 is 1.38 bits per heavy atom. The molecule has 1 rings (SSSR count). The van der Waals surface area contributed by atoms with Crippen LogP contribution in [0.25, 0.3) is 0 Å². The largest absolute Gasteiger partial charge is 0.444 e. The molecule has 0 unspecified atom stereocenters. The lowest BCUT2D eigenvalue weighted by molar-refractivity contribution is -0.122. The molecule has 2 N–H and O–H groups in total. The standard InChI is InChI=1S/C23H40N4O7/c1-5-6-8-23(26-27-23)9-10-24-20(28)7-12-30-14-16-32-18-19-33-17-15-31-13-11-25-21(29)34-22(2,3)4/h1H,6-19H2,2-4H3,(H,24,28)(H,25,29). The van der Waals surface area contributed by atoms with E-state index < -0.39 is 11.7 Å². The molecule has 1 aliphatic rings. The second kappa shape index (κ2) is 17.2. The van der Waals surface area contributed by atoms with Gasteiger partial charge in [0.15, 0.2) is 5.66 Å². The van der Waals surface area contributed by atoms with Crippen molar-refractivity contribution in [1.82, 2.24) is 10.6 Å². The van der Waals surface area contributed by atoms with Crippen LogP contribution in [0.5, 0.6) is 0 Å². The first kappa shape index (κ1) is 29.8. The molecule has 2 amide bonds. The number of hydrogen-bond donors (Lipinski definition) is 2. The summed E-state index contributed by atoms with van der Waals surface area (Å²) in [6.45, 7) is 9.64. The van der Waals surface area contributed by atoms with E-state index in [1.54, 1.807) is 0 Å². The van der Waals surface area contributed by atoms with Gasteiger partial charge in [-0.2, -0.15) is 10.2 Å². The highest BCUT2D eigenvalue weighted by Gasteiger charge is 2.38. The van der Waals surface area contributed by atoms with Crippen molar-refractivity contribution in [3.8, 4) is 12.3 Å². The number of terminal acetylenes is 1. The summed E-state index contributed by atoms with van der Waals surface area (Å²) in [5.41, 5.74) is -0.883. The molecule has 0 radical (unpaired) electrons. The molecule has 0 aromatic carbocycles. The van der Waals surface area contributed by atoms with Gasteiger partial charge >= 0.3 is 6.09 Å². The Kier molecular flexibility index (Phi) is 15.1. The molecule has 0 spiro atoms. The van der Waals surface area contributed by atoms with Crippen molar-refractivity contribution >= 4 is 12.0 Å². The normalized spacial score (nSPS) is 13.8. The van der Waals surface area contributed by atoms with Gasteiger partial charge in [0.1, 0.15) is 5.60 Å². The molecule has 0 saturated heterocycles. The monoisotopic (exact) mass is 484 g/mol. The summed E-state index contributed by atoms with van der Waals surface area (Å²) in [7, 11) is 0. The first-order chi connectivity index (χ1) is 16.3. The number of carbonyl (C=O) groups excluding carboxylic acids is 2. The van der Waals surface area contributed by atoms with Crippen LogP contribution in [0.15, 0.2) is 10.2 Å². The maximum atomic E-state index is 11.8. The van der Waals surface area contributed by atoms with E-state index in [1.165, 1.54) is 0 Å². The van der Waals surface area contributed by atoms with Gasteiger partial charge in [-0.1, -0.05) is 0 Å². The fourth-order valence-corrected chi connectivity index (χ4v) is 2.62. The lowest BCUT2D eigenvalue weighted by Crippen LogP contribution is -2.34. The van der Waals surface area contributed by atoms with E-state index in [4.69, 9.17) is 30.1 Å². The van der Waals surface area contributed by atoms with Crippen molar-refractivity contribution < 1.29 is 33.3 Å². The van der Waals surface area contributed by atoms with E-state index in [0.717, 1.165) is 6.42 Å². The van der Waals surface area contributed by atoms with Crippen LogP contribution in [0.4, 0.5) is 4.79 Å². The van der Waals surface area contributed by atoms with Gasteiger partial charge in [-0.15, -0.1) is 12.3 Å². The predicted octanol–water partition coefficient (Wildman–Crippen LogP) is 2.05. The Balaban J connectivity index is 1.77. The van der Waals surface area contributed by atoms with Gasteiger partial charge in [0, 0.05) is 38.8 Å². The summed E-state index contributed by atoms with van der Waals surface area (Å²) in [6, 6.07) is 0. The van der Waals surface area contributed by atoms with Crippen molar-refractivity contribution in [3.63, 3.8) is 0 Å². The molecule has 0 aromatic heterocycles. The van der Waals surface area contributed by atoms with Crippen LogP contribution in [-0.4, -0.2) is 89.2 Å². The smallest absolute Gasteiger partial charge is 0.407 e. The van der Waals surface area contributed by atoms with Gasteiger partial charge < -0.3 is 34.3 Å². The minimum Gasteiger partial charge on any atom is -0.444 e. The van der Waals surface area contributed by atoms with Crippen molar-refractivity contribution in [1.29, 1.82) is 0 Å². The van der Waals surface area contributed by atoms with Gasteiger partial charge in [-0.3, -0.25) is 4.79 Å². The number of ether oxygens (including phenoxy) is 5. The number of carbonyl (C=O) groups is 2. The van der Waals surface area contributed by atoms with Crippen LogP contribution in [0, 0.1) is 12.3 Å². The van der Waals surface area contributed by atoms with Crippen molar-refractivity contribution in [2.24, 2.45) is 10.2 Å². The zero-order valence-electron chi connectivity index (χ0n) is 20.7. The third-order valence-electron chi connectivity index (χ3n) is 4.40. The SMILES string of the molecule is C#CCCC1(CCNC(=O)CCOCCOCCOCCOCCNC(=O)OC(C)(C)C)N=N1. The number of hydrogen-bond acceptors (Lipinski definition) is 9. The quantitative estimate of drug-likeness (QED) is 0.200. The first-order valence-corrected chi connectivity index (χ1v) is 11.7. The predicted molar refractivity (Wildman–Crippen MR) is 125 cm³/mol. The zero-order valence-corrected chi connectivity index (χ0v) is 20.7. The van der Waals surface area contributed by atoms with E-state index in [9.17, 15) is 9.59 Å². The maximum Gasteiger partial charge on any atom is 0.407 e. The van der Waals surface area contributed by atoms with Crippen LogP contribution in [0.1, 0.15) is 46.5 Å². The van der Waals surface area contributed by atoms with Crippen molar-refractivity contribution in [3.05, 3.63) is 0 Å². The summed E-state index contributed by atoms with van der Waals surface area (Å²) in [5, 5.41) is 13.5. The molecule has 0 aromatic rings. The van der Waals surface area contributed by atoms with Crippen molar-refractivity contribution in [2.45, 2.75) is 57.7 Å². The van der Waals surface area contributed by atoms with Gasteiger partial charge in [0.05, 0.1) is 52.9 Å². The average Bonchev–Trinajstić information content (AvgIpc) is 3.53. The molecule has 11 heteroatoms. The Morgan fingerprint density at radius 1 is 0.824 bits per heavy atom. The summed E-state index contributed by atoms with van der Waals surface area (Å²) in [5.74, 6) is 2.52. The third kappa shape index (κ3) is 17.2. The van der Waals surface area contributed by atoms with Gasteiger partial charge in [-0.05, 0) is 20.8 Å². The van der Waals surface area contributed by atoms with Crippen LogP contribution in [0.2, 0.25) is 0 Å². The van der Waals surface area contributed by atoms with E-state index in [1.807, 2.05) is 20.8 Å². The Hall–Kier alpha value is -2.26. The first-order valence-electron chi connectivity index (χ1n) is 11.7. The summed E-state index contributed by atoms with van der Waals surface area (Å²) >= 11 is 0. The van der Waals surface area contributed by atoms with Crippen LogP contribution >= 0.6 is 0 Å². The lowest BCUT2D eigenvalue weighted by atomic mass is 10.0. The van der Waals surface area contributed by atoms with Crippen LogP contribution < -0.4 is 10.6 Å². The molecule has 1 aliphatic heterocycles. The van der Waals surface area contributed by atoms with Crippen LogP contribution in [-0.2, 0) is 28.5 Å². The number of amides is 2. The average molecular weight is 485 g/mol. The maximum absolute atomic E-state index is 11.8. The minimum absolute atomic E-state index is 0.0649. The van der Waals surface area contributed by atoms with Crippen molar-refractivity contribution in [2.75, 3.05) is 65.9 Å². The zero-order chi connectivity index (χ0) is 25.1. The Labute approximate surface area is 202 Å². The molecule has 11 nitrogen and oxygen atoms in total. The van der Waals surface area contributed by atoms with Gasteiger partial charge in [0.2, 0.25) is 5.91 Å². The van der Waals surface area contributed by atoms with E-state index in [0.29, 0.717) is 85.2 Å². The molecular formula is C23H40N4O7. The highest BCUT2D eigenvalue weighted by atomic mass is 16.6. The lowest BCUT2D eigenvalue weighted by Gasteiger charge is -2.19. The van der Waals surface area contributed by atoms with Crippen LogP contribution in [0.3, 0.4) is 0 Å². The highest BCUT2D eigenvalue weighted by molar-refractivity contribution is 5.75. The number of nitrogens with zero attached hydrogens (tertiary/aromatic N) is 2. The fraction of sp³-hybridized carbons (Fsp3) is 0.826. The molecule has 194 valence electrons. The molecule has 0 saturated carbocycles. The topological polar surface area (TPSA) is 129 Å². The number of nitrogens with one attached hydrogen (secondary N) is 2.